The minimum absolute atomic E-state index is 0.0627. The smallest absolute Gasteiger partial charge is 0.278 e. The number of carbonyl (C=O) groups excluding carboxylic acids is 2. The fraction of sp³-hybridized carbons (Fsp3) is 0.200. The Bertz CT molecular complexity index is 1140. The molecular formula is C25H25N3O5. The van der Waals surface area contributed by atoms with Gasteiger partial charge >= 0.3 is 0 Å². The van der Waals surface area contributed by atoms with Crippen LogP contribution in [0.25, 0.3) is 0 Å². The average molecular weight is 447 g/mol. The van der Waals surface area contributed by atoms with E-state index in [9.17, 15) is 9.59 Å². The van der Waals surface area contributed by atoms with Gasteiger partial charge in [0.25, 0.3) is 5.91 Å². The van der Waals surface area contributed by atoms with E-state index in [0.717, 1.165) is 5.56 Å². The van der Waals surface area contributed by atoms with Crippen LogP contribution >= 0.6 is 0 Å². The zero-order chi connectivity index (χ0) is 23.2. The lowest BCUT2D eigenvalue weighted by atomic mass is 10.1. The number of amides is 2. The number of hydrazine groups is 1. The van der Waals surface area contributed by atoms with E-state index in [1.165, 1.54) is 7.11 Å². The Morgan fingerprint density at radius 2 is 1.73 bits per heavy atom. The predicted molar refractivity (Wildman–Crippen MR) is 123 cm³/mol. The number of hydrogen-bond acceptors (Lipinski definition) is 6. The number of para-hydroxylation sites is 2. The van der Waals surface area contributed by atoms with Gasteiger partial charge in [-0.2, -0.15) is 0 Å². The molecule has 3 aromatic rings. The highest BCUT2D eigenvalue weighted by Crippen LogP contribution is 2.31. The van der Waals surface area contributed by atoms with Crippen molar-refractivity contribution in [1.82, 2.24) is 10.9 Å². The van der Waals surface area contributed by atoms with Crippen LogP contribution in [0.5, 0.6) is 17.2 Å². The summed E-state index contributed by atoms with van der Waals surface area (Å²) in [6.45, 7) is 1.99. The van der Waals surface area contributed by atoms with Crippen LogP contribution in [0, 0.1) is 6.92 Å². The molecule has 0 aliphatic carbocycles. The van der Waals surface area contributed by atoms with Crippen LogP contribution in [0.15, 0.2) is 72.8 Å². The largest absolute Gasteiger partial charge is 0.495 e. The van der Waals surface area contributed by atoms with E-state index in [1.807, 2.05) is 43.3 Å². The highest BCUT2D eigenvalue weighted by atomic mass is 16.6. The van der Waals surface area contributed by atoms with Gasteiger partial charge in [0.1, 0.15) is 18.4 Å². The van der Waals surface area contributed by atoms with Gasteiger partial charge in [-0.25, -0.2) is 5.43 Å². The fourth-order valence-electron chi connectivity index (χ4n) is 3.44. The molecule has 0 saturated carbocycles. The number of anilines is 1. The molecule has 0 unspecified atom stereocenters. The molecule has 0 radical (unpaired) electrons. The van der Waals surface area contributed by atoms with Crippen LogP contribution in [-0.2, 0) is 9.59 Å². The third kappa shape index (κ3) is 5.24. The minimum atomic E-state index is -0.864. The first-order chi connectivity index (χ1) is 16.0. The molecule has 170 valence electrons. The van der Waals surface area contributed by atoms with Crippen molar-refractivity contribution in [1.29, 1.82) is 0 Å². The molecule has 0 spiro atoms. The van der Waals surface area contributed by atoms with Crippen molar-refractivity contribution in [2.45, 2.75) is 19.1 Å². The zero-order valence-corrected chi connectivity index (χ0v) is 18.3. The van der Waals surface area contributed by atoms with Crippen molar-refractivity contribution < 1.29 is 23.8 Å². The lowest BCUT2D eigenvalue weighted by molar-refractivity contribution is -0.132. The van der Waals surface area contributed by atoms with Crippen LogP contribution < -0.4 is 30.4 Å². The van der Waals surface area contributed by atoms with E-state index in [2.05, 4.69) is 16.2 Å². The fourth-order valence-corrected chi connectivity index (χ4v) is 3.44. The topological polar surface area (TPSA) is 97.9 Å². The number of ether oxygens (including phenoxy) is 3. The number of fused-ring (bicyclic) bond motifs is 1. The summed E-state index contributed by atoms with van der Waals surface area (Å²) in [6, 6.07) is 20.9. The van der Waals surface area contributed by atoms with Gasteiger partial charge in [-0.05, 0) is 42.3 Å². The molecule has 2 amide bonds. The lowest BCUT2D eigenvalue weighted by Gasteiger charge is -2.26. The highest BCUT2D eigenvalue weighted by Gasteiger charge is 2.29. The number of aryl methyl sites for hydroxylation is 1. The van der Waals surface area contributed by atoms with Crippen molar-refractivity contribution in [2.24, 2.45) is 0 Å². The Labute approximate surface area is 191 Å². The quantitative estimate of drug-likeness (QED) is 0.482. The summed E-state index contributed by atoms with van der Waals surface area (Å²) in [5.74, 6) is 0.801. The summed E-state index contributed by atoms with van der Waals surface area (Å²) >= 11 is 0. The summed E-state index contributed by atoms with van der Waals surface area (Å²) in [4.78, 5) is 25.9. The average Bonchev–Trinajstić information content (AvgIpc) is 2.84. The minimum Gasteiger partial charge on any atom is -0.495 e. The lowest BCUT2D eigenvalue weighted by Crippen LogP contribution is -2.51. The van der Waals surface area contributed by atoms with Crippen molar-refractivity contribution >= 4 is 17.5 Å². The Morgan fingerprint density at radius 3 is 2.48 bits per heavy atom. The molecule has 3 aromatic carbocycles. The van der Waals surface area contributed by atoms with Gasteiger partial charge in [0.2, 0.25) is 12.0 Å². The molecule has 3 N–H and O–H groups in total. The standard InChI is InChI=1S/C25H25N3O5/c1-16-12-13-19(31-2)18(14-16)26-25(30)23(17-8-4-3-5-9-17)27-28-24(29)22-15-32-20-10-6-7-11-21(20)33-22/h3-14,22-23,27H,15H2,1-2H3,(H,26,30)(H,28,29)/t22-,23-/m1/s1. The molecule has 4 rings (SSSR count). The van der Waals surface area contributed by atoms with Gasteiger partial charge in [-0.15, -0.1) is 0 Å². The van der Waals surface area contributed by atoms with Crippen LogP contribution in [0.2, 0.25) is 0 Å². The van der Waals surface area contributed by atoms with E-state index in [-0.39, 0.29) is 12.5 Å². The third-order valence-corrected chi connectivity index (χ3v) is 5.15. The molecular weight excluding hydrogens is 422 g/mol. The van der Waals surface area contributed by atoms with Gasteiger partial charge in [0.05, 0.1) is 12.8 Å². The molecule has 33 heavy (non-hydrogen) atoms. The molecule has 1 heterocycles. The summed E-state index contributed by atoms with van der Waals surface area (Å²) in [5, 5.41) is 2.88. The first-order valence-electron chi connectivity index (χ1n) is 10.5. The van der Waals surface area contributed by atoms with Gasteiger partial charge < -0.3 is 19.5 Å². The molecule has 8 heteroatoms. The van der Waals surface area contributed by atoms with Crippen molar-refractivity contribution in [3.8, 4) is 17.2 Å². The van der Waals surface area contributed by atoms with E-state index >= 15 is 0 Å². The summed E-state index contributed by atoms with van der Waals surface area (Å²) in [5.41, 5.74) is 7.63. The third-order valence-electron chi connectivity index (χ3n) is 5.15. The van der Waals surface area contributed by atoms with E-state index < -0.39 is 18.1 Å². The molecule has 0 saturated heterocycles. The highest BCUT2D eigenvalue weighted by molar-refractivity contribution is 5.97. The first-order valence-corrected chi connectivity index (χ1v) is 10.5. The van der Waals surface area contributed by atoms with Crippen molar-refractivity contribution in [2.75, 3.05) is 19.0 Å². The summed E-state index contributed by atoms with van der Waals surface area (Å²) in [7, 11) is 1.54. The van der Waals surface area contributed by atoms with E-state index in [0.29, 0.717) is 28.5 Å². The maximum atomic E-state index is 13.2. The molecule has 8 nitrogen and oxygen atoms in total. The van der Waals surface area contributed by atoms with Crippen LogP contribution in [-0.4, -0.2) is 31.6 Å². The molecule has 2 atom stereocenters. The van der Waals surface area contributed by atoms with Crippen LogP contribution in [0.1, 0.15) is 17.2 Å². The SMILES string of the molecule is COc1ccc(C)cc1NC(=O)[C@H](NNC(=O)[C@H]1COc2ccccc2O1)c1ccccc1. The van der Waals surface area contributed by atoms with Crippen molar-refractivity contribution in [3.63, 3.8) is 0 Å². The van der Waals surface area contributed by atoms with Crippen LogP contribution in [0.3, 0.4) is 0 Å². The maximum Gasteiger partial charge on any atom is 0.278 e. The van der Waals surface area contributed by atoms with Crippen molar-refractivity contribution in [3.05, 3.63) is 83.9 Å². The van der Waals surface area contributed by atoms with Crippen LogP contribution in [0.4, 0.5) is 5.69 Å². The Balaban J connectivity index is 1.47. The van der Waals surface area contributed by atoms with Gasteiger partial charge in [0, 0.05) is 0 Å². The van der Waals surface area contributed by atoms with Gasteiger partial charge in [-0.1, -0.05) is 48.5 Å². The Hall–Kier alpha value is -4.04. The molecule has 1 aliphatic rings. The number of carbonyl (C=O) groups is 2. The maximum absolute atomic E-state index is 13.2. The Morgan fingerprint density at radius 1 is 1.00 bits per heavy atom. The monoisotopic (exact) mass is 447 g/mol. The number of methoxy groups -OCH3 is 1. The number of rotatable bonds is 7. The predicted octanol–water partition coefficient (Wildman–Crippen LogP) is 3.14. The normalized spacial score (nSPS) is 15.3. The molecule has 0 aromatic heterocycles. The second-order valence-corrected chi connectivity index (χ2v) is 7.53. The van der Waals surface area contributed by atoms with E-state index in [4.69, 9.17) is 14.2 Å². The second-order valence-electron chi connectivity index (χ2n) is 7.53. The Kier molecular flexibility index (Phi) is 6.75. The molecule has 0 bridgehead atoms. The molecule has 0 fully saturated rings. The summed E-state index contributed by atoms with van der Waals surface area (Å²) in [6.07, 6.45) is -0.858. The molecule has 1 aliphatic heterocycles. The van der Waals surface area contributed by atoms with Gasteiger partial charge in [0.15, 0.2) is 11.5 Å². The first kappa shape index (κ1) is 22.2. The van der Waals surface area contributed by atoms with E-state index in [1.54, 1.807) is 36.4 Å². The number of benzene rings is 3. The summed E-state index contributed by atoms with van der Waals surface area (Å²) < 4.78 is 16.7. The zero-order valence-electron chi connectivity index (χ0n) is 18.3. The number of nitrogens with one attached hydrogen (secondary N) is 3. The van der Waals surface area contributed by atoms with Gasteiger partial charge in [-0.3, -0.25) is 15.0 Å². The number of hydrogen-bond donors (Lipinski definition) is 3. The second kappa shape index (κ2) is 10.1.